The Morgan fingerprint density at radius 1 is 1.56 bits per heavy atom. The first-order chi connectivity index (χ1) is 8.58. The molecule has 18 heavy (non-hydrogen) atoms. The molecule has 1 heterocycles. The zero-order valence-corrected chi connectivity index (χ0v) is 11.0. The maximum atomic E-state index is 10.9. The molecule has 0 aliphatic heterocycles. The van der Waals surface area contributed by atoms with Crippen LogP contribution in [0.1, 0.15) is 25.5 Å². The van der Waals surface area contributed by atoms with Crippen molar-refractivity contribution in [3.8, 4) is 0 Å². The molecule has 1 aromatic rings. The van der Waals surface area contributed by atoms with E-state index >= 15 is 0 Å². The zero-order valence-electron chi connectivity index (χ0n) is 11.0. The maximum absolute atomic E-state index is 10.9. The lowest BCUT2D eigenvalue weighted by atomic mass is 10.2. The second-order valence-electron chi connectivity index (χ2n) is 4.16. The standard InChI is InChI=1S/C12H19N3O3/c1-4-5-10(8-18-3)14-12-11(15(16)17)7-6-9(2)13-12/h6-7,10H,4-5,8H2,1-3H3,(H,13,14). The Balaban J connectivity index is 2.92. The Morgan fingerprint density at radius 3 is 2.83 bits per heavy atom. The molecule has 0 aliphatic carbocycles. The Morgan fingerprint density at radius 2 is 2.28 bits per heavy atom. The predicted molar refractivity (Wildman–Crippen MR) is 69.8 cm³/mol. The highest BCUT2D eigenvalue weighted by Gasteiger charge is 2.18. The Labute approximate surface area is 107 Å². The van der Waals surface area contributed by atoms with E-state index in [4.69, 9.17) is 4.74 Å². The monoisotopic (exact) mass is 253 g/mol. The summed E-state index contributed by atoms with van der Waals surface area (Å²) in [6.07, 6.45) is 1.85. The van der Waals surface area contributed by atoms with Crippen molar-refractivity contribution in [2.24, 2.45) is 0 Å². The Hall–Kier alpha value is -1.69. The molecule has 0 saturated carbocycles. The average Bonchev–Trinajstić information content (AvgIpc) is 2.29. The second-order valence-corrected chi connectivity index (χ2v) is 4.16. The van der Waals surface area contributed by atoms with Crippen molar-refractivity contribution in [2.45, 2.75) is 32.7 Å². The summed E-state index contributed by atoms with van der Waals surface area (Å²) in [5.41, 5.74) is 0.744. The van der Waals surface area contributed by atoms with E-state index < -0.39 is 4.92 Å². The third kappa shape index (κ3) is 3.96. The van der Waals surface area contributed by atoms with Gasteiger partial charge in [-0.05, 0) is 19.4 Å². The Bertz CT molecular complexity index is 404. The zero-order chi connectivity index (χ0) is 13.5. The van der Waals surface area contributed by atoms with Crippen molar-refractivity contribution in [3.05, 3.63) is 27.9 Å². The molecule has 0 spiro atoms. The molecule has 1 aromatic heterocycles. The first-order valence-electron chi connectivity index (χ1n) is 5.96. The normalized spacial score (nSPS) is 12.2. The van der Waals surface area contributed by atoms with E-state index in [1.54, 1.807) is 20.1 Å². The van der Waals surface area contributed by atoms with Gasteiger partial charge in [-0.3, -0.25) is 10.1 Å². The first kappa shape index (κ1) is 14.4. The number of hydrogen-bond donors (Lipinski definition) is 1. The van der Waals surface area contributed by atoms with Gasteiger partial charge in [-0.25, -0.2) is 4.98 Å². The van der Waals surface area contributed by atoms with Crippen molar-refractivity contribution in [3.63, 3.8) is 0 Å². The molecule has 1 unspecified atom stereocenters. The number of aromatic nitrogens is 1. The van der Waals surface area contributed by atoms with Gasteiger partial charge in [0.15, 0.2) is 0 Å². The topological polar surface area (TPSA) is 77.3 Å². The minimum Gasteiger partial charge on any atom is -0.383 e. The average molecular weight is 253 g/mol. The van der Waals surface area contributed by atoms with Gasteiger partial charge >= 0.3 is 5.69 Å². The first-order valence-corrected chi connectivity index (χ1v) is 5.96. The molecule has 0 bridgehead atoms. The van der Waals surface area contributed by atoms with Crippen LogP contribution in [0.4, 0.5) is 11.5 Å². The van der Waals surface area contributed by atoms with Crippen molar-refractivity contribution < 1.29 is 9.66 Å². The van der Waals surface area contributed by atoms with Gasteiger partial charge in [-0.2, -0.15) is 0 Å². The highest BCUT2D eigenvalue weighted by Crippen LogP contribution is 2.23. The van der Waals surface area contributed by atoms with E-state index in [1.807, 2.05) is 0 Å². The van der Waals surface area contributed by atoms with Gasteiger partial charge < -0.3 is 10.1 Å². The number of methoxy groups -OCH3 is 1. The lowest BCUT2D eigenvalue weighted by molar-refractivity contribution is -0.384. The van der Waals surface area contributed by atoms with Gasteiger partial charge in [-0.1, -0.05) is 13.3 Å². The number of hydrogen-bond acceptors (Lipinski definition) is 5. The number of ether oxygens (including phenoxy) is 1. The van der Waals surface area contributed by atoms with Crippen LogP contribution in [0.5, 0.6) is 0 Å². The molecule has 6 heteroatoms. The van der Waals surface area contributed by atoms with Crippen LogP contribution in [-0.2, 0) is 4.74 Å². The SMILES string of the molecule is CCCC(COC)Nc1nc(C)ccc1[N+](=O)[O-]. The third-order valence-electron chi connectivity index (χ3n) is 2.56. The molecule has 1 rings (SSSR count). The van der Waals surface area contributed by atoms with Gasteiger partial charge in [0, 0.05) is 18.9 Å². The molecule has 0 radical (unpaired) electrons. The maximum Gasteiger partial charge on any atom is 0.311 e. The van der Waals surface area contributed by atoms with Gasteiger partial charge in [0.1, 0.15) is 0 Å². The Kier molecular flexibility index (Phi) is 5.51. The fourth-order valence-corrected chi connectivity index (χ4v) is 1.74. The molecule has 0 aliphatic rings. The number of nitrogens with one attached hydrogen (secondary N) is 1. The summed E-state index contributed by atoms with van der Waals surface area (Å²) in [6.45, 7) is 4.36. The highest BCUT2D eigenvalue weighted by atomic mass is 16.6. The minimum atomic E-state index is -0.426. The number of anilines is 1. The number of nitro groups is 1. The summed E-state index contributed by atoms with van der Waals surface area (Å²) >= 11 is 0. The van der Waals surface area contributed by atoms with Crippen molar-refractivity contribution in [1.29, 1.82) is 0 Å². The molecule has 1 atom stereocenters. The summed E-state index contributed by atoms with van der Waals surface area (Å²) in [6, 6.07) is 3.14. The largest absolute Gasteiger partial charge is 0.383 e. The van der Waals surface area contributed by atoms with Gasteiger partial charge in [-0.15, -0.1) is 0 Å². The van der Waals surface area contributed by atoms with Crippen LogP contribution in [0, 0.1) is 17.0 Å². The van der Waals surface area contributed by atoms with Crippen molar-refractivity contribution >= 4 is 11.5 Å². The van der Waals surface area contributed by atoms with Crippen molar-refractivity contribution in [1.82, 2.24) is 4.98 Å². The summed E-state index contributed by atoms with van der Waals surface area (Å²) in [5, 5.41) is 14.0. The van der Waals surface area contributed by atoms with Crippen LogP contribution in [-0.4, -0.2) is 29.7 Å². The molecule has 100 valence electrons. The lowest BCUT2D eigenvalue weighted by Gasteiger charge is -2.17. The predicted octanol–water partition coefficient (Wildman–Crippen LogP) is 2.53. The minimum absolute atomic E-state index is 0.00203. The van der Waals surface area contributed by atoms with Gasteiger partial charge in [0.2, 0.25) is 5.82 Å². The lowest BCUT2D eigenvalue weighted by Crippen LogP contribution is -2.25. The number of nitrogens with zero attached hydrogens (tertiary/aromatic N) is 2. The molecule has 6 nitrogen and oxygen atoms in total. The molecule has 0 aromatic carbocycles. The molecule has 0 fully saturated rings. The van der Waals surface area contributed by atoms with Crippen molar-refractivity contribution in [2.75, 3.05) is 19.0 Å². The summed E-state index contributed by atoms with van der Waals surface area (Å²) in [5.74, 6) is 0.315. The molecule has 1 N–H and O–H groups in total. The van der Waals surface area contributed by atoms with Gasteiger partial charge in [0.05, 0.1) is 17.6 Å². The van der Waals surface area contributed by atoms with E-state index in [9.17, 15) is 10.1 Å². The van der Waals surface area contributed by atoms with E-state index in [-0.39, 0.29) is 11.7 Å². The fraction of sp³-hybridized carbons (Fsp3) is 0.583. The van der Waals surface area contributed by atoms with Crippen LogP contribution in [0.25, 0.3) is 0 Å². The molecule has 0 amide bonds. The third-order valence-corrected chi connectivity index (χ3v) is 2.56. The smallest absolute Gasteiger partial charge is 0.311 e. The van der Waals surface area contributed by atoms with E-state index in [2.05, 4.69) is 17.2 Å². The number of pyridine rings is 1. The quantitative estimate of drug-likeness (QED) is 0.596. The molecular formula is C12H19N3O3. The summed E-state index contributed by atoms with van der Waals surface area (Å²) in [4.78, 5) is 14.7. The summed E-state index contributed by atoms with van der Waals surface area (Å²) < 4.78 is 5.10. The molecular weight excluding hydrogens is 234 g/mol. The van der Waals surface area contributed by atoms with Gasteiger partial charge in [0.25, 0.3) is 0 Å². The van der Waals surface area contributed by atoms with Crippen LogP contribution >= 0.6 is 0 Å². The fourth-order valence-electron chi connectivity index (χ4n) is 1.74. The highest BCUT2D eigenvalue weighted by molar-refractivity contribution is 5.56. The summed E-state index contributed by atoms with van der Waals surface area (Å²) in [7, 11) is 1.61. The van der Waals surface area contributed by atoms with Crippen LogP contribution < -0.4 is 5.32 Å². The van der Waals surface area contributed by atoms with Crippen LogP contribution in [0.2, 0.25) is 0 Å². The van der Waals surface area contributed by atoms with E-state index in [1.165, 1.54) is 6.07 Å². The number of rotatable bonds is 7. The number of aryl methyl sites for hydroxylation is 1. The molecule has 0 saturated heterocycles. The van der Waals surface area contributed by atoms with Crippen LogP contribution in [0.15, 0.2) is 12.1 Å². The second kappa shape index (κ2) is 6.90. The van der Waals surface area contributed by atoms with E-state index in [0.717, 1.165) is 18.5 Å². The van der Waals surface area contributed by atoms with Crippen LogP contribution in [0.3, 0.4) is 0 Å². The van der Waals surface area contributed by atoms with E-state index in [0.29, 0.717) is 12.4 Å².